The molecule has 1 aliphatic rings. The highest BCUT2D eigenvalue weighted by Crippen LogP contribution is 2.53. The lowest BCUT2D eigenvalue weighted by Gasteiger charge is -2.25. The quantitative estimate of drug-likeness (QED) is 0.180. The number of fused-ring (bicyclic) bond motifs is 9. The molecular formula is C49H28N4S2. The van der Waals surface area contributed by atoms with Gasteiger partial charge in [0.1, 0.15) is 0 Å². The summed E-state index contributed by atoms with van der Waals surface area (Å²) in [6.45, 7) is 0. The van der Waals surface area contributed by atoms with Crippen LogP contribution in [0.25, 0.3) is 104 Å². The number of nitrogens with zero attached hydrogens (tertiary/aromatic N) is 4. The molecule has 0 saturated heterocycles. The van der Waals surface area contributed by atoms with Crippen LogP contribution in [-0.4, -0.2) is 19.5 Å². The highest BCUT2D eigenvalue weighted by Gasteiger charge is 2.27. The Labute approximate surface area is 324 Å². The van der Waals surface area contributed by atoms with Crippen LogP contribution in [0.2, 0.25) is 0 Å². The lowest BCUT2D eigenvalue weighted by Crippen LogP contribution is -2.03. The van der Waals surface area contributed by atoms with Gasteiger partial charge in [0.2, 0.25) is 0 Å². The zero-order chi connectivity index (χ0) is 36.0. The van der Waals surface area contributed by atoms with Crippen molar-refractivity contribution in [1.29, 1.82) is 0 Å². The molecule has 0 saturated carbocycles. The van der Waals surface area contributed by atoms with E-state index < -0.39 is 0 Å². The molecular weight excluding hydrogens is 709 g/mol. The van der Waals surface area contributed by atoms with E-state index in [9.17, 15) is 0 Å². The van der Waals surface area contributed by atoms with Gasteiger partial charge in [-0.15, -0.1) is 11.3 Å². The SMILES string of the molecule is c1ccc(-c2nc(-c3ccccc3)nc(-c3ccc4c5c(cccc35)-c3c(cccc3-n3c5ccccc5c5ccc6sc7ccccc7c6c53)S4)n2)cc1. The van der Waals surface area contributed by atoms with Crippen LogP contribution in [0.4, 0.5) is 0 Å². The van der Waals surface area contributed by atoms with E-state index in [1.807, 2.05) is 59.5 Å². The van der Waals surface area contributed by atoms with Crippen molar-refractivity contribution in [3.63, 3.8) is 0 Å². The van der Waals surface area contributed by atoms with Crippen LogP contribution in [0.3, 0.4) is 0 Å². The van der Waals surface area contributed by atoms with Crippen LogP contribution in [0.15, 0.2) is 180 Å². The molecule has 0 N–H and O–H groups in total. The van der Waals surface area contributed by atoms with Gasteiger partial charge in [-0.2, -0.15) is 0 Å². The Morgan fingerprint density at radius 3 is 1.87 bits per heavy atom. The van der Waals surface area contributed by atoms with Crippen molar-refractivity contribution in [2.24, 2.45) is 0 Å². The fourth-order valence-electron chi connectivity index (χ4n) is 8.49. The van der Waals surface area contributed by atoms with Gasteiger partial charge in [-0.3, -0.25) is 0 Å². The zero-order valence-electron chi connectivity index (χ0n) is 29.3. The molecule has 0 radical (unpaired) electrons. The molecule has 1 aliphatic heterocycles. The maximum atomic E-state index is 5.14. The summed E-state index contributed by atoms with van der Waals surface area (Å²) < 4.78 is 5.14. The predicted octanol–water partition coefficient (Wildman–Crippen LogP) is 13.6. The van der Waals surface area contributed by atoms with Gasteiger partial charge in [0, 0.05) is 68.4 Å². The summed E-state index contributed by atoms with van der Waals surface area (Å²) in [7, 11) is 0. The minimum Gasteiger partial charge on any atom is -0.308 e. The van der Waals surface area contributed by atoms with Crippen molar-refractivity contribution in [3.05, 3.63) is 170 Å². The van der Waals surface area contributed by atoms with E-state index in [2.05, 4.69) is 138 Å². The fraction of sp³-hybridized carbons (Fsp3) is 0. The van der Waals surface area contributed by atoms with Gasteiger partial charge in [-0.25, -0.2) is 15.0 Å². The molecule has 12 rings (SSSR count). The van der Waals surface area contributed by atoms with Crippen LogP contribution in [0, 0.1) is 0 Å². The number of para-hydroxylation sites is 1. The van der Waals surface area contributed by atoms with Gasteiger partial charge in [0.05, 0.1) is 16.7 Å². The lowest BCUT2D eigenvalue weighted by atomic mass is 9.93. The number of rotatable bonds is 4. The maximum absolute atomic E-state index is 5.14. The van der Waals surface area contributed by atoms with Crippen molar-refractivity contribution >= 4 is 75.8 Å². The second-order valence-corrected chi connectivity index (χ2v) is 16.1. The molecule has 256 valence electrons. The largest absolute Gasteiger partial charge is 0.308 e. The highest BCUT2D eigenvalue weighted by molar-refractivity contribution is 7.99. The Bertz CT molecular complexity index is 3290. The number of thiophene rings is 1. The molecule has 0 spiro atoms. The van der Waals surface area contributed by atoms with Crippen LogP contribution in [0.1, 0.15) is 0 Å². The Morgan fingerprint density at radius 2 is 1.07 bits per heavy atom. The summed E-state index contributed by atoms with van der Waals surface area (Å²) in [5, 5.41) is 7.49. The minimum atomic E-state index is 0.658. The third-order valence-electron chi connectivity index (χ3n) is 10.9. The molecule has 0 amide bonds. The average Bonchev–Trinajstić information content (AvgIpc) is 3.80. The highest BCUT2D eigenvalue weighted by atomic mass is 32.2. The Kier molecular flexibility index (Phi) is 6.70. The predicted molar refractivity (Wildman–Crippen MR) is 230 cm³/mol. The van der Waals surface area contributed by atoms with E-state index in [0.29, 0.717) is 17.5 Å². The third-order valence-corrected chi connectivity index (χ3v) is 13.1. The Hall–Kier alpha value is -6.60. The molecule has 8 aromatic carbocycles. The van der Waals surface area contributed by atoms with E-state index in [4.69, 9.17) is 15.0 Å². The molecule has 0 atom stereocenters. The summed E-state index contributed by atoms with van der Waals surface area (Å²) in [4.78, 5) is 17.7. The number of benzene rings is 8. The van der Waals surface area contributed by atoms with Gasteiger partial charge in [0.15, 0.2) is 17.5 Å². The second kappa shape index (κ2) is 12.0. The molecule has 0 unspecified atom stereocenters. The molecule has 4 heterocycles. The molecule has 0 fully saturated rings. The van der Waals surface area contributed by atoms with Crippen LogP contribution in [-0.2, 0) is 0 Å². The first-order chi connectivity index (χ1) is 27.3. The van der Waals surface area contributed by atoms with Crippen molar-refractivity contribution in [3.8, 4) is 51.0 Å². The molecule has 55 heavy (non-hydrogen) atoms. The van der Waals surface area contributed by atoms with Crippen molar-refractivity contribution < 1.29 is 0 Å². The minimum absolute atomic E-state index is 0.658. The smallest absolute Gasteiger partial charge is 0.164 e. The van der Waals surface area contributed by atoms with Crippen molar-refractivity contribution in [2.45, 2.75) is 9.79 Å². The maximum Gasteiger partial charge on any atom is 0.164 e. The first-order valence-electron chi connectivity index (χ1n) is 18.4. The lowest BCUT2D eigenvalue weighted by molar-refractivity contribution is 1.08. The molecule has 0 aliphatic carbocycles. The summed E-state index contributed by atoms with van der Waals surface area (Å²) in [5.41, 5.74) is 9.01. The summed E-state index contributed by atoms with van der Waals surface area (Å²) in [6.07, 6.45) is 0. The van der Waals surface area contributed by atoms with Gasteiger partial charge in [-0.1, -0.05) is 139 Å². The normalized spacial score (nSPS) is 12.3. The van der Waals surface area contributed by atoms with E-state index in [-0.39, 0.29) is 0 Å². The van der Waals surface area contributed by atoms with Crippen LogP contribution in [0.5, 0.6) is 0 Å². The van der Waals surface area contributed by atoms with Crippen molar-refractivity contribution in [2.75, 3.05) is 0 Å². The topological polar surface area (TPSA) is 43.6 Å². The van der Waals surface area contributed by atoms with Crippen molar-refractivity contribution in [1.82, 2.24) is 19.5 Å². The molecule has 6 heteroatoms. The number of aromatic nitrogens is 4. The standard InChI is InChI=1S/C49H28N4S2/c1-3-13-29(14-4-1)47-50-48(30-15-5-2-6-16-30)52-49(51-47)34-26-28-41-43-32(34)19-11-20-36(43)44-38(22-12-24-40(44)55-41)53-37-21-9-7-17-31(37)33-25-27-42-45(46(33)53)35-18-8-10-23-39(35)54-42/h1-28H. The second-order valence-electron chi connectivity index (χ2n) is 13.9. The monoisotopic (exact) mass is 736 g/mol. The van der Waals surface area contributed by atoms with Gasteiger partial charge in [0.25, 0.3) is 0 Å². The van der Waals surface area contributed by atoms with E-state index >= 15 is 0 Å². The fourth-order valence-corrected chi connectivity index (χ4v) is 10.8. The first kappa shape index (κ1) is 30.8. The van der Waals surface area contributed by atoms with Crippen LogP contribution >= 0.6 is 23.1 Å². The van der Waals surface area contributed by atoms with Gasteiger partial charge < -0.3 is 4.57 Å². The average molecular weight is 737 g/mol. The Morgan fingerprint density at radius 1 is 0.400 bits per heavy atom. The summed E-state index contributed by atoms with van der Waals surface area (Å²) >= 11 is 3.71. The summed E-state index contributed by atoms with van der Waals surface area (Å²) in [6, 6.07) is 60.6. The van der Waals surface area contributed by atoms with E-state index in [0.717, 1.165) is 22.1 Å². The molecule has 0 bridgehead atoms. The molecule has 11 aromatic rings. The third kappa shape index (κ3) is 4.62. The molecule has 4 nitrogen and oxygen atoms in total. The zero-order valence-corrected chi connectivity index (χ0v) is 30.9. The van der Waals surface area contributed by atoms with Crippen LogP contribution < -0.4 is 0 Å². The van der Waals surface area contributed by atoms with Gasteiger partial charge >= 0.3 is 0 Å². The van der Waals surface area contributed by atoms with E-state index in [1.165, 1.54) is 74.0 Å². The van der Waals surface area contributed by atoms with E-state index in [1.54, 1.807) is 0 Å². The number of hydrogen-bond donors (Lipinski definition) is 0. The van der Waals surface area contributed by atoms with Gasteiger partial charge in [-0.05, 0) is 53.4 Å². The molecule has 3 aromatic heterocycles. The summed E-state index contributed by atoms with van der Waals surface area (Å²) in [5.74, 6) is 1.98. The first-order valence-corrected chi connectivity index (χ1v) is 20.0. The Balaban J connectivity index is 1.13. The number of hydrogen-bond acceptors (Lipinski definition) is 5.